The molecule has 0 bridgehead atoms. The molecule has 3 heteroatoms. The monoisotopic (exact) mass is 487 g/mol. The standard InChI is InChI=1S/C34H33NO2/c1-2-18-33(36)19-20-34(22-25-8-4-3-5-9-25)28(23-33)14-12-27-21-30(16-17-31(27)34)37-24-29-15-13-26-10-6-7-11-32(26)35-29/h3-11,13,15-17,21,28,36H,12,14,19-20,22-24H2,1H3/t28-,33-,34+/m1/s1. The fourth-order valence-corrected chi connectivity index (χ4v) is 6.73. The minimum absolute atomic E-state index is 0.00895. The zero-order chi connectivity index (χ0) is 25.3. The zero-order valence-corrected chi connectivity index (χ0v) is 21.4. The predicted molar refractivity (Wildman–Crippen MR) is 148 cm³/mol. The molecule has 3 atom stereocenters. The van der Waals surface area contributed by atoms with Crippen LogP contribution in [0.1, 0.15) is 55.0 Å². The SMILES string of the molecule is CC#C[C@@]1(O)CC[C@@]2(Cc3ccccc3)c3ccc(OCc4ccc5ccccc5n4)cc3CC[C@@H]2C1. The van der Waals surface area contributed by atoms with Gasteiger partial charge in [-0.25, -0.2) is 4.98 Å². The smallest absolute Gasteiger partial charge is 0.130 e. The van der Waals surface area contributed by atoms with Gasteiger partial charge in [0.25, 0.3) is 0 Å². The summed E-state index contributed by atoms with van der Waals surface area (Å²) in [7, 11) is 0. The van der Waals surface area contributed by atoms with Crippen molar-refractivity contribution in [2.75, 3.05) is 0 Å². The number of ether oxygens (including phenoxy) is 1. The summed E-state index contributed by atoms with van der Waals surface area (Å²) in [6, 6.07) is 29.8. The molecule has 0 spiro atoms. The molecule has 0 radical (unpaired) electrons. The molecular weight excluding hydrogens is 454 g/mol. The summed E-state index contributed by atoms with van der Waals surface area (Å²) in [5, 5.41) is 12.4. The third kappa shape index (κ3) is 4.63. The average molecular weight is 488 g/mol. The van der Waals surface area contributed by atoms with E-state index < -0.39 is 5.60 Å². The highest BCUT2D eigenvalue weighted by Gasteiger charge is 2.51. The number of fused-ring (bicyclic) bond motifs is 4. The third-order valence-corrected chi connectivity index (χ3v) is 8.49. The molecule has 4 aromatic rings. The zero-order valence-electron chi connectivity index (χ0n) is 21.4. The van der Waals surface area contributed by atoms with Crippen LogP contribution in [0.15, 0.2) is 84.9 Å². The Morgan fingerprint density at radius 3 is 2.68 bits per heavy atom. The minimum Gasteiger partial charge on any atom is -0.487 e. The molecule has 0 aliphatic heterocycles. The minimum atomic E-state index is -0.868. The highest BCUT2D eigenvalue weighted by Crippen LogP contribution is 2.54. The van der Waals surface area contributed by atoms with Crippen molar-refractivity contribution >= 4 is 10.9 Å². The number of hydrogen-bond donors (Lipinski definition) is 1. The molecule has 0 saturated heterocycles. The number of aryl methyl sites for hydroxylation is 1. The van der Waals surface area contributed by atoms with Gasteiger partial charge in [0.2, 0.25) is 0 Å². The van der Waals surface area contributed by atoms with Crippen molar-refractivity contribution in [2.45, 2.75) is 63.1 Å². The molecule has 1 heterocycles. The van der Waals surface area contributed by atoms with Crippen molar-refractivity contribution < 1.29 is 9.84 Å². The molecule has 186 valence electrons. The van der Waals surface area contributed by atoms with Gasteiger partial charge in [-0.3, -0.25) is 0 Å². The van der Waals surface area contributed by atoms with Gasteiger partial charge in [0.1, 0.15) is 18.0 Å². The maximum Gasteiger partial charge on any atom is 0.130 e. The Morgan fingerprint density at radius 2 is 1.81 bits per heavy atom. The quantitative estimate of drug-likeness (QED) is 0.315. The van der Waals surface area contributed by atoms with Gasteiger partial charge in [-0.15, -0.1) is 5.92 Å². The van der Waals surface area contributed by atoms with Crippen LogP contribution in [0.2, 0.25) is 0 Å². The molecule has 1 N–H and O–H groups in total. The number of hydrogen-bond acceptors (Lipinski definition) is 3. The first-order valence-corrected chi connectivity index (χ1v) is 13.4. The number of benzene rings is 3. The molecule has 37 heavy (non-hydrogen) atoms. The van der Waals surface area contributed by atoms with Crippen LogP contribution in [0.4, 0.5) is 0 Å². The second-order valence-corrected chi connectivity index (χ2v) is 10.8. The van der Waals surface area contributed by atoms with Gasteiger partial charge < -0.3 is 9.84 Å². The van der Waals surface area contributed by atoms with Crippen molar-refractivity contribution in [3.05, 3.63) is 107 Å². The van der Waals surface area contributed by atoms with Crippen LogP contribution in [-0.4, -0.2) is 15.7 Å². The van der Waals surface area contributed by atoms with Gasteiger partial charge in [0, 0.05) is 10.8 Å². The largest absolute Gasteiger partial charge is 0.487 e. The summed E-state index contributed by atoms with van der Waals surface area (Å²) in [6.07, 6.45) is 5.43. The molecule has 0 amide bonds. The number of aromatic nitrogens is 1. The van der Waals surface area contributed by atoms with Crippen molar-refractivity contribution in [2.24, 2.45) is 5.92 Å². The maximum atomic E-state index is 11.2. The molecule has 0 unspecified atom stereocenters. The second kappa shape index (κ2) is 9.69. The molecule has 3 aromatic carbocycles. The van der Waals surface area contributed by atoms with Gasteiger partial charge >= 0.3 is 0 Å². The predicted octanol–water partition coefficient (Wildman–Crippen LogP) is 6.80. The molecule has 1 aromatic heterocycles. The van der Waals surface area contributed by atoms with E-state index in [4.69, 9.17) is 9.72 Å². The Kier molecular flexibility index (Phi) is 6.22. The van der Waals surface area contributed by atoms with E-state index in [1.54, 1.807) is 0 Å². The van der Waals surface area contributed by atoms with Gasteiger partial charge in [-0.1, -0.05) is 66.6 Å². The molecule has 6 rings (SSSR count). The second-order valence-electron chi connectivity index (χ2n) is 10.8. The van der Waals surface area contributed by atoms with E-state index in [2.05, 4.69) is 72.5 Å². The summed E-state index contributed by atoms with van der Waals surface area (Å²) in [5.41, 5.74) is 5.23. The third-order valence-electron chi connectivity index (χ3n) is 8.49. The van der Waals surface area contributed by atoms with Crippen molar-refractivity contribution in [1.82, 2.24) is 4.98 Å². The lowest BCUT2D eigenvalue weighted by Crippen LogP contribution is -2.50. The van der Waals surface area contributed by atoms with E-state index in [-0.39, 0.29) is 5.41 Å². The lowest BCUT2D eigenvalue weighted by Gasteiger charge is -2.52. The molecule has 2 aliphatic carbocycles. The molecule has 3 nitrogen and oxygen atoms in total. The van der Waals surface area contributed by atoms with Gasteiger partial charge in [0.15, 0.2) is 0 Å². The fraction of sp³-hybridized carbons (Fsp3) is 0.324. The Bertz CT molecular complexity index is 1480. The Balaban J connectivity index is 1.29. The van der Waals surface area contributed by atoms with Crippen LogP contribution in [0.5, 0.6) is 5.75 Å². The van der Waals surface area contributed by atoms with E-state index in [0.717, 1.165) is 54.5 Å². The summed E-state index contributed by atoms with van der Waals surface area (Å²) < 4.78 is 6.24. The van der Waals surface area contributed by atoms with Gasteiger partial charge in [-0.05, 0) is 92.3 Å². The Morgan fingerprint density at radius 1 is 0.973 bits per heavy atom. The Labute approximate surface area is 219 Å². The van der Waals surface area contributed by atoms with Crippen LogP contribution >= 0.6 is 0 Å². The van der Waals surface area contributed by atoms with Crippen LogP contribution < -0.4 is 4.74 Å². The molecule has 1 saturated carbocycles. The first kappa shape index (κ1) is 23.8. The van der Waals surface area contributed by atoms with Gasteiger partial charge in [0.05, 0.1) is 11.2 Å². The number of para-hydroxylation sites is 1. The van der Waals surface area contributed by atoms with Gasteiger partial charge in [-0.2, -0.15) is 0 Å². The van der Waals surface area contributed by atoms with E-state index in [9.17, 15) is 5.11 Å². The first-order valence-electron chi connectivity index (χ1n) is 13.4. The lowest BCUT2D eigenvalue weighted by atomic mass is 9.52. The highest BCUT2D eigenvalue weighted by molar-refractivity contribution is 5.78. The normalized spacial score (nSPS) is 24.4. The van der Waals surface area contributed by atoms with Crippen molar-refractivity contribution in [1.29, 1.82) is 0 Å². The highest BCUT2D eigenvalue weighted by atomic mass is 16.5. The number of aliphatic hydroxyl groups is 1. The average Bonchev–Trinajstić information content (AvgIpc) is 2.93. The van der Waals surface area contributed by atoms with Crippen molar-refractivity contribution in [3.63, 3.8) is 0 Å². The van der Waals surface area contributed by atoms with E-state index in [0.29, 0.717) is 18.9 Å². The first-order chi connectivity index (χ1) is 18.1. The lowest BCUT2D eigenvalue weighted by molar-refractivity contribution is -0.00805. The fourth-order valence-electron chi connectivity index (χ4n) is 6.73. The van der Waals surface area contributed by atoms with E-state index in [1.165, 1.54) is 16.7 Å². The maximum absolute atomic E-state index is 11.2. The molecule has 1 fully saturated rings. The molecular formula is C34H33NO2. The Hall–Kier alpha value is -3.61. The summed E-state index contributed by atoms with van der Waals surface area (Å²) >= 11 is 0. The van der Waals surface area contributed by atoms with Crippen molar-refractivity contribution in [3.8, 4) is 17.6 Å². The van der Waals surface area contributed by atoms with E-state index >= 15 is 0 Å². The number of nitrogens with zero attached hydrogens (tertiary/aromatic N) is 1. The number of rotatable bonds is 5. The number of pyridine rings is 1. The molecule has 2 aliphatic rings. The summed E-state index contributed by atoms with van der Waals surface area (Å²) in [4.78, 5) is 4.76. The van der Waals surface area contributed by atoms with Crippen LogP contribution in [0, 0.1) is 17.8 Å². The van der Waals surface area contributed by atoms with Crippen LogP contribution in [0.3, 0.4) is 0 Å². The topological polar surface area (TPSA) is 42.4 Å². The van der Waals surface area contributed by atoms with Crippen LogP contribution in [-0.2, 0) is 24.9 Å². The van der Waals surface area contributed by atoms with E-state index in [1.807, 2.05) is 31.2 Å². The summed E-state index contributed by atoms with van der Waals surface area (Å²) in [5.74, 6) is 7.40. The van der Waals surface area contributed by atoms with Crippen LogP contribution in [0.25, 0.3) is 10.9 Å². The summed E-state index contributed by atoms with van der Waals surface area (Å²) in [6.45, 7) is 2.28.